The molecule has 2 aromatic carbocycles. The fourth-order valence-electron chi connectivity index (χ4n) is 2.03. The standard InChI is InChI=1S/C15H15N3O2.CH2O2/c1-19-11-7-10(8-12(9-11)20-2)16-15-17-13-5-3-4-6-14(13)18-15;2-1-3/h3-9H,1-2H3,(H2,16,17,18);1H,(H,2,3). The number of aromatic nitrogens is 2. The minimum Gasteiger partial charge on any atom is -0.497 e. The van der Waals surface area contributed by atoms with Crippen molar-refractivity contribution < 1.29 is 19.4 Å². The van der Waals surface area contributed by atoms with Crippen molar-refractivity contribution in [1.29, 1.82) is 0 Å². The van der Waals surface area contributed by atoms with Crippen LogP contribution in [0.2, 0.25) is 0 Å². The second kappa shape index (κ2) is 7.69. The van der Waals surface area contributed by atoms with Crippen molar-refractivity contribution in [2.45, 2.75) is 0 Å². The Morgan fingerprint density at radius 2 is 1.74 bits per heavy atom. The van der Waals surface area contributed by atoms with Crippen LogP contribution in [0.4, 0.5) is 11.6 Å². The van der Waals surface area contributed by atoms with Gasteiger partial charge in [0.2, 0.25) is 5.95 Å². The van der Waals surface area contributed by atoms with Crippen molar-refractivity contribution in [3.05, 3.63) is 42.5 Å². The lowest BCUT2D eigenvalue weighted by Gasteiger charge is -2.08. The van der Waals surface area contributed by atoms with E-state index in [0.29, 0.717) is 5.95 Å². The predicted molar refractivity (Wildman–Crippen MR) is 87.6 cm³/mol. The van der Waals surface area contributed by atoms with Crippen LogP contribution in [0.5, 0.6) is 11.5 Å². The number of nitrogens with one attached hydrogen (secondary N) is 2. The third-order valence-electron chi connectivity index (χ3n) is 3.00. The van der Waals surface area contributed by atoms with Crippen LogP contribution in [0, 0.1) is 0 Å². The van der Waals surface area contributed by atoms with Gasteiger partial charge in [-0.25, -0.2) is 4.98 Å². The first kappa shape index (κ1) is 16.2. The molecule has 7 nitrogen and oxygen atoms in total. The number of nitrogens with zero attached hydrogens (tertiary/aromatic N) is 1. The molecule has 0 radical (unpaired) electrons. The number of para-hydroxylation sites is 2. The Labute approximate surface area is 132 Å². The van der Waals surface area contributed by atoms with Gasteiger partial charge in [0.05, 0.1) is 25.3 Å². The van der Waals surface area contributed by atoms with Crippen LogP contribution in [0.25, 0.3) is 11.0 Å². The third-order valence-corrected chi connectivity index (χ3v) is 3.00. The molecule has 3 rings (SSSR count). The molecule has 1 heterocycles. The Morgan fingerprint density at radius 1 is 1.13 bits per heavy atom. The highest BCUT2D eigenvalue weighted by molar-refractivity contribution is 5.78. The highest BCUT2D eigenvalue weighted by Gasteiger charge is 2.05. The molecular formula is C16H17N3O4. The number of H-pyrrole nitrogens is 1. The lowest BCUT2D eigenvalue weighted by Crippen LogP contribution is -1.94. The van der Waals surface area contributed by atoms with E-state index in [2.05, 4.69) is 15.3 Å². The number of methoxy groups -OCH3 is 2. The fraction of sp³-hybridized carbons (Fsp3) is 0.125. The lowest BCUT2D eigenvalue weighted by molar-refractivity contribution is -0.122. The maximum absolute atomic E-state index is 8.36. The molecule has 0 atom stereocenters. The summed E-state index contributed by atoms with van der Waals surface area (Å²) in [6.45, 7) is -0.250. The number of hydrogen-bond donors (Lipinski definition) is 3. The normalized spacial score (nSPS) is 9.65. The summed E-state index contributed by atoms with van der Waals surface area (Å²) < 4.78 is 10.5. The van der Waals surface area contributed by atoms with Crippen LogP contribution < -0.4 is 14.8 Å². The zero-order chi connectivity index (χ0) is 16.7. The van der Waals surface area contributed by atoms with Crippen molar-refractivity contribution in [2.24, 2.45) is 0 Å². The fourth-order valence-corrected chi connectivity index (χ4v) is 2.03. The molecule has 0 saturated carbocycles. The number of carboxylic acid groups (broad SMARTS) is 1. The van der Waals surface area contributed by atoms with E-state index in [1.54, 1.807) is 14.2 Å². The van der Waals surface area contributed by atoms with Gasteiger partial charge in [0, 0.05) is 23.9 Å². The van der Waals surface area contributed by atoms with Crippen LogP contribution in [-0.2, 0) is 4.79 Å². The molecule has 7 heteroatoms. The number of rotatable bonds is 4. The number of benzene rings is 2. The van der Waals surface area contributed by atoms with Crippen molar-refractivity contribution in [1.82, 2.24) is 9.97 Å². The Bertz CT molecular complexity index is 731. The van der Waals surface area contributed by atoms with Gasteiger partial charge < -0.3 is 24.9 Å². The third kappa shape index (κ3) is 4.13. The van der Waals surface area contributed by atoms with Crippen LogP contribution in [0.1, 0.15) is 0 Å². The van der Waals surface area contributed by atoms with Gasteiger partial charge in [-0.15, -0.1) is 0 Å². The molecule has 120 valence electrons. The monoisotopic (exact) mass is 315 g/mol. The summed E-state index contributed by atoms with van der Waals surface area (Å²) in [7, 11) is 3.25. The maximum Gasteiger partial charge on any atom is 0.290 e. The first-order valence-electron chi connectivity index (χ1n) is 6.73. The van der Waals surface area contributed by atoms with Gasteiger partial charge in [-0.1, -0.05) is 12.1 Å². The van der Waals surface area contributed by atoms with Crippen LogP contribution in [0.3, 0.4) is 0 Å². The summed E-state index contributed by atoms with van der Waals surface area (Å²) in [5.41, 5.74) is 2.76. The Kier molecular flexibility index (Phi) is 5.40. The average molecular weight is 315 g/mol. The topological polar surface area (TPSA) is 96.5 Å². The van der Waals surface area contributed by atoms with Crippen molar-refractivity contribution in [3.63, 3.8) is 0 Å². The molecule has 0 aliphatic carbocycles. The summed E-state index contributed by atoms with van der Waals surface area (Å²) in [5, 5.41) is 10.1. The molecule has 0 fully saturated rings. The molecule has 0 saturated heterocycles. The number of fused-ring (bicyclic) bond motifs is 1. The molecule has 0 aliphatic heterocycles. The van der Waals surface area contributed by atoms with E-state index >= 15 is 0 Å². The Hall–Kier alpha value is -3.22. The maximum atomic E-state index is 8.36. The Balaban J connectivity index is 0.000000595. The van der Waals surface area contributed by atoms with Crippen LogP contribution >= 0.6 is 0 Å². The molecule has 0 spiro atoms. The number of ether oxygens (including phenoxy) is 2. The smallest absolute Gasteiger partial charge is 0.290 e. The minimum atomic E-state index is -0.250. The molecule has 0 bridgehead atoms. The van der Waals surface area contributed by atoms with Crippen LogP contribution in [0.15, 0.2) is 42.5 Å². The van der Waals surface area contributed by atoms with Crippen LogP contribution in [-0.4, -0.2) is 35.8 Å². The average Bonchev–Trinajstić information content (AvgIpc) is 2.97. The summed E-state index contributed by atoms with van der Waals surface area (Å²) in [6, 6.07) is 13.5. The van der Waals surface area contributed by atoms with Gasteiger partial charge >= 0.3 is 0 Å². The summed E-state index contributed by atoms with van der Waals surface area (Å²) in [6.07, 6.45) is 0. The number of aromatic amines is 1. The van der Waals surface area contributed by atoms with E-state index in [4.69, 9.17) is 19.4 Å². The molecule has 23 heavy (non-hydrogen) atoms. The minimum absolute atomic E-state index is 0.250. The first-order chi connectivity index (χ1) is 11.2. The zero-order valence-electron chi connectivity index (χ0n) is 12.7. The van der Waals surface area contributed by atoms with E-state index in [0.717, 1.165) is 28.2 Å². The van der Waals surface area contributed by atoms with Gasteiger partial charge in [-0.3, -0.25) is 4.79 Å². The van der Waals surface area contributed by atoms with Gasteiger partial charge in [0.25, 0.3) is 6.47 Å². The van der Waals surface area contributed by atoms with Gasteiger partial charge in [-0.2, -0.15) is 0 Å². The largest absolute Gasteiger partial charge is 0.497 e. The van der Waals surface area contributed by atoms with E-state index in [9.17, 15) is 0 Å². The highest BCUT2D eigenvalue weighted by atomic mass is 16.5. The molecule has 0 aliphatic rings. The van der Waals surface area contributed by atoms with E-state index in [1.807, 2.05) is 42.5 Å². The molecular weight excluding hydrogens is 298 g/mol. The molecule has 1 aromatic heterocycles. The molecule has 3 aromatic rings. The van der Waals surface area contributed by atoms with E-state index in [1.165, 1.54) is 0 Å². The summed E-state index contributed by atoms with van der Waals surface area (Å²) in [5.74, 6) is 2.13. The number of carbonyl (C=O) groups is 1. The lowest BCUT2D eigenvalue weighted by atomic mass is 10.3. The second-order valence-corrected chi connectivity index (χ2v) is 4.43. The molecule has 3 N–H and O–H groups in total. The summed E-state index contributed by atoms with van der Waals surface area (Å²) >= 11 is 0. The van der Waals surface area contributed by atoms with Crippen molar-refractivity contribution in [3.8, 4) is 11.5 Å². The zero-order valence-corrected chi connectivity index (χ0v) is 12.7. The van der Waals surface area contributed by atoms with Crippen molar-refractivity contribution in [2.75, 3.05) is 19.5 Å². The van der Waals surface area contributed by atoms with Crippen molar-refractivity contribution >= 4 is 29.1 Å². The SMILES string of the molecule is COc1cc(Nc2nc3ccccc3[nH]2)cc(OC)c1.O=CO. The number of hydrogen-bond acceptors (Lipinski definition) is 5. The van der Waals surface area contributed by atoms with Gasteiger partial charge in [0.1, 0.15) is 11.5 Å². The predicted octanol–water partition coefficient (Wildman–Crippen LogP) is 3.02. The molecule has 0 unspecified atom stereocenters. The quantitative estimate of drug-likeness (QED) is 0.640. The molecule has 0 amide bonds. The second-order valence-electron chi connectivity index (χ2n) is 4.43. The van der Waals surface area contributed by atoms with E-state index < -0.39 is 0 Å². The van der Waals surface area contributed by atoms with E-state index in [-0.39, 0.29) is 6.47 Å². The summed E-state index contributed by atoms with van der Waals surface area (Å²) in [4.78, 5) is 16.0. The first-order valence-corrected chi connectivity index (χ1v) is 6.73. The van der Waals surface area contributed by atoms with Gasteiger partial charge in [-0.05, 0) is 12.1 Å². The Morgan fingerprint density at radius 3 is 2.30 bits per heavy atom. The van der Waals surface area contributed by atoms with Gasteiger partial charge in [0.15, 0.2) is 0 Å². The number of imidazole rings is 1. The number of anilines is 2. The highest BCUT2D eigenvalue weighted by Crippen LogP contribution is 2.27.